The molecule has 0 bridgehead atoms. The van der Waals surface area contributed by atoms with Gasteiger partial charge in [-0.25, -0.2) is 4.79 Å². The van der Waals surface area contributed by atoms with Crippen molar-refractivity contribution in [3.63, 3.8) is 0 Å². The molecule has 1 saturated carbocycles. The Morgan fingerprint density at radius 2 is 1.53 bits per heavy atom. The standard InChI is InChI=1S/C10H15N3O6/c14-7(12-10(19)11-6-1-2-6)3-13(4-8(15)16)5-9(17)18/h6H,1-5H2,(H,15,16)(H,17,18)(H2,11,12,14,19). The van der Waals surface area contributed by atoms with Crippen LogP contribution < -0.4 is 10.6 Å². The molecule has 1 rings (SSSR count). The van der Waals surface area contributed by atoms with Crippen molar-refractivity contribution in [2.45, 2.75) is 18.9 Å². The lowest BCUT2D eigenvalue weighted by Gasteiger charge is -2.16. The average Bonchev–Trinajstić information content (AvgIpc) is 2.97. The van der Waals surface area contributed by atoms with Crippen molar-refractivity contribution < 1.29 is 29.4 Å². The first-order chi connectivity index (χ1) is 8.86. The number of hydrogen-bond donors (Lipinski definition) is 4. The van der Waals surface area contributed by atoms with Gasteiger partial charge >= 0.3 is 18.0 Å². The van der Waals surface area contributed by atoms with E-state index in [-0.39, 0.29) is 6.04 Å². The second-order valence-corrected chi connectivity index (χ2v) is 4.23. The van der Waals surface area contributed by atoms with Crippen molar-refractivity contribution in [1.29, 1.82) is 0 Å². The van der Waals surface area contributed by atoms with Gasteiger partial charge in [0.2, 0.25) is 5.91 Å². The minimum absolute atomic E-state index is 0.0851. The summed E-state index contributed by atoms with van der Waals surface area (Å²) >= 11 is 0. The molecule has 0 aromatic heterocycles. The van der Waals surface area contributed by atoms with Crippen LogP contribution >= 0.6 is 0 Å². The van der Waals surface area contributed by atoms with E-state index in [4.69, 9.17) is 10.2 Å². The third kappa shape index (κ3) is 6.99. The normalized spacial score (nSPS) is 13.9. The van der Waals surface area contributed by atoms with Crippen LogP contribution in [-0.2, 0) is 14.4 Å². The lowest BCUT2D eigenvalue weighted by Crippen LogP contribution is -2.47. The number of imide groups is 1. The van der Waals surface area contributed by atoms with Crippen molar-refractivity contribution in [2.75, 3.05) is 19.6 Å². The molecule has 0 aromatic carbocycles. The Hall–Kier alpha value is -2.16. The smallest absolute Gasteiger partial charge is 0.321 e. The monoisotopic (exact) mass is 273 g/mol. The van der Waals surface area contributed by atoms with Crippen molar-refractivity contribution in [1.82, 2.24) is 15.5 Å². The Morgan fingerprint density at radius 1 is 1.00 bits per heavy atom. The third-order valence-electron chi connectivity index (χ3n) is 2.25. The predicted octanol–water partition coefficient (Wildman–Crippen LogP) is -1.55. The summed E-state index contributed by atoms with van der Waals surface area (Å²) in [4.78, 5) is 44.6. The van der Waals surface area contributed by atoms with Crippen LogP contribution in [0.25, 0.3) is 0 Å². The number of nitrogens with one attached hydrogen (secondary N) is 2. The van der Waals surface area contributed by atoms with Gasteiger partial charge in [0, 0.05) is 6.04 Å². The first-order valence-electron chi connectivity index (χ1n) is 5.63. The number of carboxylic acid groups (broad SMARTS) is 2. The maximum Gasteiger partial charge on any atom is 0.321 e. The van der Waals surface area contributed by atoms with E-state index in [2.05, 4.69) is 5.32 Å². The molecule has 9 nitrogen and oxygen atoms in total. The molecule has 0 saturated heterocycles. The predicted molar refractivity (Wildman–Crippen MR) is 61.4 cm³/mol. The molecular formula is C10H15N3O6. The van der Waals surface area contributed by atoms with Gasteiger partial charge < -0.3 is 15.5 Å². The molecule has 19 heavy (non-hydrogen) atoms. The highest BCUT2D eigenvalue weighted by atomic mass is 16.4. The molecule has 0 aromatic rings. The molecule has 1 fully saturated rings. The highest BCUT2D eigenvalue weighted by Crippen LogP contribution is 2.18. The van der Waals surface area contributed by atoms with Gasteiger partial charge in [-0.05, 0) is 12.8 Å². The van der Waals surface area contributed by atoms with Gasteiger partial charge in [0.1, 0.15) is 0 Å². The summed E-state index contributed by atoms with van der Waals surface area (Å²) in [6.07, 6.45) is 1.73. The summed E-state index contributed by atoms with van der Waals surface area (Å²) in [5.41, 5.74) is 0. The quantitative estimate of drug-likeness (QED) is 0.440. The van der Waals surface area contributed by atoms with E-state index in [1.54, 1.807) is 0 Å². The number of hydrogen-bond acceptors (Lipinski definition) is 5. The number of carboxylic acids is 2. The van der Waals surface area contributed by atoms with E-state index in [0.717, 1.165) is 17.7 Å². The van der Waals surface area contributed by atoms with Crippen LogP contribution in [0.2, 0.25) is 0 Å². The largest absolute Gasteiger partial charge is 0.480 e. The van der Waals surface area contributed by atoms with Gasteiger partial charge in [0.25, 0.3) is 0 Å². The number of nitrogens with zero attached hydrogens (tertiary/aromatic N) is 1. The molecule has 0 heterocycles. The fourth-order valence-corrected chi connectivity index (χ4v) is 1.37. The van der Waals surface area contributed by atoms with E-state index >= 15 is 0 Å². The van der Waals surface area contributed by atoms with E-state index in [9.17, 15) is 19.2 Å². The van der Waals surface area contributed by atoms with E-state index in [1.807, 2.05) is 5.32 Å². The van der Waals surface area contributed by atoms with Gasteiger partial charge in [-0.2, -0.15) is 0 Å². The molecule has 1 aliphatic rings. The highest BCUT2D eigenvalue weighted by Gasteiger charge is 2.24. The average molecular weight is 273 g/mol. The Kier molecular flexibility index (Phi) is 5.24. The van der Waals surface area contributed by atoms with Gasteiger partial charge in [0.05, 0.1) is 19.6 Å². The van der Waals surface area contributed by atoms with Gasteiger partial charge in [-0.1, -0.05) is 0 Å². The van der Waals surface area contributed by atoms with Gasteiger partial charge in [-0.3, -0.25) is 24.6 Å². The first kappa shape index (κ1) is 14.9. The Morgan fingerprint density at radius 3 is 1.95 bits per heavy atom. The van der Waals surface area contributed by atoms with Crippen molar-refractivity contribution >= 4 is 23.9 Å². The van der Waals surface area contributed by atoms with Crippen molar-refractivity contribution in [3.8, 4) is 0 Å². The van der Waals surface area contributed by atoms with E-state index < -0.39 is 43.5 Å². The van der Waals surface area contributed by atoms with Crippen LogP contribution in [0.4, 0.5) is 4.79 Å². The minimum Gasteiger partial charge on any atom is -0.480 e. The number of amides is 3. The van der Waals surface area contributed by atoms with Crippen LogP contribution in [0.1, 0.15) is 12.8 Å². The Labute approximate surface area is 108 Å². The second-order valence-electron chi connectivity index (χ2n) is 4.23. The van der Waals surface area contributed by atoms with Crippen molar-refractivity contribution in [3.05, 3.63) is 0 Å². The number of aliphatic carboxylic acids is 2. The molecule has 1 aliphatic carbocycles. The zero-order valence-electron chi connectivity index (χ0n) is 10.1. The number of urea groups is 1. The highest BCUT2D eigenvalue weighted by molar-refractivity contribution is 5.95. The summed E-state index contributed by atoms with van der Waals surface area (Å²) in [5.74, 6) is -3.26. The molecule has 0 spiro atoms. The van der Waals surface area contributed by atoms with Crippen LogP contribution in [0, 0.1) is 0 Å². The molecule has 0 atom stereocenters. The molecule has 4 N–H and O–H groups in total. The third-order valence-corrected chi connectivity index (χ3v) is 2.25. The topological polar surface area (TPSA) is 136 Å². The van der Waals surface area contributed by atoms with Gasteiger partial charge in [0.15, 0.2) is 0 Å². The van der Waals surface area contributed by atoms with Crippen LogP contribution in [0.15, 0.2) is 0 Å². The van der Waals surface area contributed by atoms with Crippen LogP contribution in [0.3, 0.4) is 0 Å². The first-order valence-corrected chi connectivity index (χ1v) is 5.63. The summed E-state index contributed by atoms with van der Waals surface area (Å²) < 4.78 is 0. The molecule has 3 amide bonds. The Bertz CT molecular complexity index is 377. The van der Waals surface area contributed by atoms with E-state index in [1.165, 1.54) is 0 Å². The maximum absolute atomic E-state index is 11.4. The van der Waals surface area contributed by atoms with Gasteiger partial charge in [-0.15, -0.1) is 0 Å². The number of carbonyl (C=O) groups is 4. The minimum atomic E-state index is -1.25. The zero-order chi connectivity index (χ0) is 14.4. The lowest BCUT2D eigenvalue weighted by atomic mass is 10.4. The fraction of sp³-hybridized carbons (Fsp3) is 0.600. The molecular weight excluding hydrogens is 258 g/mol. The molecule has 0 aliphatic heterocycles. The van der Waals surface area contributed by atoms with Crippen molar-refractivity contribution in [2.24, 2.45) is 0 Å². The molecule has 106 valence electrons. The SMILES string of the molecule is O=C(O)CN(CC(=O)O)CC(=O)NC(=O)NC1CC1. The Balaban J connectivity index is 2.37. The molecule has 0 radical (unpaired) electrons. The fourth-order valence-electron chi connectivity index (χ4n) is 1.37. The number of rotatable bonds is 7. The zero-order valence-corrected chi connectivity index (χ0v) is 10.1. The molecule has 9 heteroatoms. The summed E-state index contributed by atoms with van der Waals surface area (Å²) in [6, 6.07) is -0.569. The summed E-state index contributed by atoms with van der Waals surface area (Å²) in [6.45, 7) is -1.66. The number of carbonyl (C=O) groups excluding carboxylic acids is 2. The summed E-state index contributed by atoms with van der Waals surface area (Å²) in [5, 5.41) is 21.7. The maximum atomic E-state index is 11.4. The second kappa shape index (κ2) is 6.69. The van der Waals surface area contributed by atoms with E-state index in [0.29, 0.717) is 0 Å². The van der Waals surface area contributed by atoms with Crippen LogP contribution in [0.5, 0.6) is 0 Å². The summed E-state index contributed by atoms with van der Waals surface area (Å²) in [7, 11) is 0. The lowest BCUT2D eigenvalue weighted by molar-refractivity contribution is -0.142. The van der Waals surface area contributed by atoms with Crippen LogP contribution in [-0.4, -0.2) is 64.7 Å². The molecule has 0 unspecified atom stereocenters.